The third-order valence-corrected chi connectivity index (χ3v) is 3.29. The predicted molar refractivity (Wildman–Crippen MR) is 68.9 cm³/mol. The molecule has 0 saturated carbocycles. The summed E-state index contributed by atoms with van der Waals surface area (Å²) in [7, 11) is 0. The lowest BCUT2D eigenvalue weighted by Crippen LogP contribution is -2.15. The van der Waals surface area contributed by atoms with Crippen LogP contribution in [0, 0.1) is 5.92 Å². The van der Waals surface area contributed by atoms with E-state index in [9.17, 15) is 0 Å². The topological polar surface area (TPSA) is 53.6 Å². The van der Waals surface area contributed by atoms with Crippen LogP contribution in [0.4, 0.5) is 5.69 Å². The standard InChI is InChI=1S/C13H16N4/c1-2-4-10(5-3-1)9-14-11-6-7-12-13(8-11)16-17-15-12/h1-2,6-8,10,14H,3-5,9H2,(H,15,16,17). The van der Waals surface area contributed by atoms with Crippen molar-refractivity contribution in [3.63, 3.8) is 0 Å². The van der Waals surface area contributed by atoms with E-state index in [1.54, 1.807) is 0 Å². The summed E-state index contributed by atoms with van der Waals surface area (Å²) in [6, 6.07) is 6.09. The van der Waals surface area contributed by atoms with Crippen molar-refractivity contribution < 1.29 is 0 Å². The number of allylic oxidation sites excluding steroid dienone is 2. The number of benzene rings is 1. The van der Waals surface area contributed by atoms with Crippen molar-refractivity contribution in [2.45, 2.75) is 19.3 Å². The highest BCUT2D eigenvalue weighted by Gasteiger charge is 2.09. The summed E-state index contributed by atoms with van der Waals surface area (Å²) >= 11 is 0. The number of hydrogen-bond acceptors (Lipinski definition) is 3. The van der Waals surface area contributed by atoms with Crippen molar-refractivity contribution in [3.05, 3.63) is 30.4 Å². The fraction of sp³-hybridized carbons (Fsp3) is 0.385. The summed E-state index contributed by atoms with van der Waals surface area (Å²) in [5.74, 6) is 0.757. The van der Waals surface area contributed by atoms with E-state index in [0.717, 1.165) is 29.2 Å². The van der Waals surface area contributed by atoms with E-state index in [2.05, 4.69) is 38.9 Å². The maximum absolute atomic E-state index is 4.09. The monoisotopic (exact) mass is 228 g/mol. The second kappa shape index (κ2) is 4.57. The zero-order valence-corrected chi connectivity index (χ0v) is 9.69. The Hall–Kier alpha value is -1.84. The SMILES string of the molecule is C1=CCC(CNc2ccc3n[nH]nc3c2)CC1. The first-order chi connectivity index (χ1) is 8.42. The van der Waals surface area contributed by atoms with E-state index in [0.29, 0.717) is 0 Å². The van der Waals surface area contributed by atoms with E-state index in [-0.39, 0.29) is 0 Å². The molecule has 0 amide bonds. The average Bonchev–Trinajstić information content (AvgIpc) is 2.85. The van der Waals surface area contributed by atoms with Crippen LogP contribution in [0.25, 0.3) is 11.0 Å². The normalized spacial score (nSPS) is 19.6. The first kappa shape index (κ1) is 10.3. The molecule has 2 aromatic rings. The molecule has 88 valence electrons. The molecule has 1 aliphatic rings. The van der Waals surface area contributed by atoms with Crippen molar-refractivity contribution in [2.75, 3.05) is 11.9 Å². The molecule has 4 heteroatoms. The van der Waals surface area contributed by atoms with Crippen LogP contribution in [0.1, 0.15) is 19.3 Å². The van der Waals surface area contributed by atoms with Gasteiger partial charge in [-0.15, -0.1) is 0 Å². The molecule has 1 atom stereocenters. The van der Waals surface area contributed by atoms with Crippen LogP contribution in [0.3, 0.4) is 0 Å². The zero-order valence-electron chi connectivity index (χ0n) is 9.69. The van der Waals surface area contributed by atoms with Gasteiger partial charge in [-0.3, -0.25) is 0 Å². The van der Waals surface area contributed by atoms with Gasteiger partial charge in [-0.2, -0.15) is 15.4 Å². The molecular formula is C13H16N4. The third-order valence-electron chi connectivity index (χ3n) is 3.29. The Kier molecular flexibility index (Phi) is 2.78. The van der Waals surface area contributed by atoms with Crippen LogP contribution in [0.2, 0.25) is 0 Å². The number of nitrogens with zero attached hydrogens (tertiary/aromatic N) is 2. The highest BCUT2D eigenvalue weighted by atomic mass is 15.3. The minimum Gasteiger partial charge on any atom is -0.385 e. The van der Waals surface area contributed by atoms with Gasteiger partial charge in [-0.25, -0.2) is 0 Å². The van der Waals surface area contributed by atoms with Crippen molar-refractivity contribution in [3.8, 4) is 0 Å². The van der Waals surface area contributed by atoms with Gasteiger partial charge < -0.3 is 5.32 Å². The number of nitrogens with one attached hydrogen (secondary N) is 2. The highest BCUT2D eigenvalue weighted by molar-refractivity contribution is 5.77. The van der Waals surface area contributed by atoms with Gasteiger partial charge in [0.2, 0.25) is 0 Å². The summed E-state index contributed by atoms with van der Waals surface area (Å²) in [6.07, 6.45) is 8.26. The molecule has 0 spiro atoms. The summed E-state index contributed by atoms with van der Waals surface area (Å²) < 4.78 is 0. The molecule has 1 aromatic heterocycles. The van der Waals surface area contributed by atoms with Gasteiger partial charge in [-0.05, 0) is 43.4 Å². The van der Waals surface area contributed by atoms with Crippen LogP contribution < -0.4 is 5.32 Å². The first-order valence-corrected chi connectivity index (χ1v) is 6.11. The van der Waals surface area contributed by atoms with Crippen molar-refractivity contribution in [1.29, 1.82) is 0 Å². The number of rotatable bonds is 3. The molecule has 1 unspecified atom stereocenters. The molecule has 1 aromatic carbocycles. The molecule has 1 aliphatic carbocycles. The molecule has 1 heterocycles. The Balaban J connectivity index is 1.65. The summed E-state index contributed by atoms with van der Waals surface area (Å²) in [5, 5.41) is 14.2. The maximum Gasteiger partial charge on any atom is 0.115 e. The van der Waals surface area contributed by atoms with E-state index < -0.39 is 0 Å². The summed E-state index contributed by atoms with van der Waals surface area (Å²) in [5.41, 5.74) is 2.95. The van der Waals surface area contributed by atoms with Gasteiger partial charge in [0.1, 0.15) is 11.0 Å². The summed E-state index contributed by atoms with van der Waals surface area (Å²) in [4.78, 5) is 0. The van der Waals surface area contributed by atoms with Gasteiger partial charge in [0.15, 0.2) is 0 Å². The van der Waals surface area contributed by atoms with Gasteiger partial charge in [-0.1, -0.05) is 12.2 Å². The number of anilines is 1. The Bertz CT molecular complexity index is 529. The molecule has 0 saturated heterocycles. The highest BCUT2D eigenvalue weighted by Crippen LogP contribution is 2.20. The van der Waals surface area contributed by atoms with E-state index in [1.165, 1.54) is 19.3 Å². The Labute approximate surface area is 100 Å². The van der Waals surface area contributed by atoms with Crippen molar-refractivity contribution in [1.82, 2.24) is 15.4 Å². The molecule has 2 N–H and O–H groups in total. The van der Waals surface area contributed by atoms with Crippen LogP contribution in [-0.4, -0.2) is 22.0 Å². The first-order valence-electron chi connectivity index (χ1n) is 6.11. The molecule has 3 rings (SSSR count). The van der Waals surface area contributed by atoms with E-state index in [4.69, 9.17) is 0 Å². The van der Waals surface area contributed by atoms with E-state index >= 15 is 0 Å². The smallest absolute Gasteiger partial charge is 0.115 e. The zero-order chi connectivity index (χ0) is 11.5. The maximum atomic E-state index is 4.09. The molecule has 0 bridgehead atoms. The number of hydrogen-bond donors (Lipinski definition) is 2. The van der Waals surface area contributed by atoms with Crippen molar-refractivity contribution in [2.24, 2.45) is 5.92 Å². The molecular weight excluding hydrogens is 212 g/mol. The van der Waals surface area contributed by atoms with Crippen LogP contribution in [-0.2, 0) is 0 Å². The molecule has 0 aliphatic heterocycles. The Morgan fingerprint density at radius 3 is 3.06 bits per heavy atom. The fourth-order valence-corrected chi connectivity index (χ4v) is 2.25. The second-order valence-corrected chi connectivity index (χ2v) is 4.56. The van der Waals surface area contributed by atoms with Crippen molar-refractivity contribution >= 4 is 16.7 Å². The Morgan fingerprint density at radius 1 is 1.24 bits per heavy atom. The molecule has 4 nitrogen and oxygen atoms in total. The quantitative estimate of drug-likeness (QED) is 0.794. The average molecular weight is 228 g/mol. The van der Waals surface area contributed by atoms with E-state index in [1.807, 2.05) is 12.1 Å². The van der Waals surface area contributed by atoms with Gasteiger partial charge in [0.25, 0.3) is 0 Å². The minimum atomic E-state index is 0.757. The molecule has 17 heavy (non-hydrogen) atoms. The molecule has 0 radical (unpaired) electrons. The van der Waals surface area contributed by atoms with Gasteiger partial charge >= 0.3 is 0 Å². The second-order valence-electron chi connectivity index (χ2n) is 4.56. The number of aromatic amines is 1. The lowest BCUT2D eigenvalue weighted by atomic mass is 9.94. The number of aromatic nitrogens is 3. The Morgan fingerprint density at radius 2 is 2.18 bits per heavy atom. The van der Waals surface area contributed by atoms with Gasteiger partial charge in [0, 0.05) is 12.2 Å². The third kappa shape index (κ3) is 2.30. The number of H-pyrrole nitrogens is 1. The largest absolute Gasteiger partial charge is 0.385 e. The fourth-order valence-electron chi connectivity index (χ4n) is 2.25. The predicted octanol–water partition coefficient (Wildman–Crippen LogP) is 2.73. The van der Waals surface area contributed by atoms with Crippen LogP contribution in [0.5, 0.6) is 0 Å². The number of fused-ring (bicyclic) bond motifs is 1. The lowest BCUT2D eigenvalue weighted by Gasteiger charge is -2.18. The summed E-state index contributed by atoms with van der Waals surface area (Å²) in [6.45, 7) is 1.04. The van der Waals surface area contributed by atoms with Crippen LogP contribution >= 0.6 is 0 Å². The lowest BCUT2D eigenvalue weighted by molar-refractivity contribution is 0.504. The molecule has 0 fully saturated rings. The van der Waals surface area contributed by atoms with Gasteiger partial charge in [0.05, 0.1) is 0 Å². The minimum absolute atomic E-state index is 0.757. The van der Waals surface area contributed by atoms with Crippen LogP contribution in [0.15, 0.2) is 30.4 Å².